The average Bonchev–Trinajstić information content (AvgIpc) is 2.67. The standard InChI is InChI=1S/C20H16N2O6S/c1-28-10-5-4-6-11(9-10)29-13-8-3-2-7-12(13)14-15(19(24)25)17(21)22-18(23)16(14)20(26)27/h2-9H,1H3,(H,24,25)(H,26,27)(H3,21,22,23). The van der Waals surface area contributed by atoms with E-state index >= 15 is 0 Å². The van der Waals surface area contributed by atoms with E-state index < -0.39 is 34.4 Å². The third-order valence-electron chi connectivity index (χ3n) is 4.10. The summed E-state index contributed by atoms with van der Waals surface area (Å²) in [5, 5.41) is 19.2. The van der Waals surface area contributed by atoms with E-state index in [0.29, 0.717) is 10.6 Å². The molecule has 1 aromatic heterocycles. The first-order valence-corrected chi connectivity index (χ1v) is 9.08. The molecule has 0 aliphatic rings. The SMILES string of the molecule is COc1cccc(Sc2ccccc2-c2c(C(=O)O)c(N)[nH]c(=O)c2C(=O)O)c1. The molecule has 1 heterocycles. The van der Waals surface area contributed by atoms with Crippen molar-refractivity contribution in [2.24, 2.45) is 0 Å². The van der Waals surface area contributed by atoms with Crippen LogP contribution >= 0.6 is 11.8 Å². The maximum atomic E-state index is 12.3. The highest BCUT2D eigenvalue weighted by molar-refractivity contribution is 7.99. The fourth-order valence-corrected chi connectivity index (χ4v) is 3.87. The molecule has 3 aromatic rings. The minimum atomic E-state index is -1.55. The van der Waals surface area contributed by atoms with Gasteiger partial charge in [0.05, 0.1) is 7.11 Å². The smallest absolute Gasteiger partial charge is 0.342 e. The van der Waals surface area contributed by atoms with Gasteiger partial charge in [-0.25, -0.2) is 9.59 Å². The zero-order chi connectivity index (χ0) is 21.1. The number of carboxylic acids is 2. The average molecular weight is 412 g/mol. The number of nitrogens with one attached hydrogen (secondary N) is 1. The zero-order valence-electron chi connectivity index (χ0n) is 15.1. The molecule has 0 fully saturated rings. The predicted octanol–water partition coefficient (Wildman–Crippen LogP) is 3.18. The van der Waals surface area contributed by atoms with Crippen LogP contribution in [0.3, 0.4) is 0 Å². The normalized spacial score (nSPS) is 10.5. The summed E-state index contributed by atoms with van der Waals surface area (Å²) in [5.41, 5.74) is 3.62. The van der Waals surface area contributed by atoms with Gasteiger partial charge in [0.1, 0.15) is 22.7 Å². The number of aromatic amines is 1. The number of aromatic carboxylic acids is 2. The Labute approximate surface area is 169 Å². The van der Waals surface area contributed by atoms with E-state index in [-0.39, 0.29) is 11.1 Å². The Hall–Kier alpha value is -3.72. The number of hydrogen-bond acceptors (Lipinski definition) is 6. The number of benzene rings is 2. The summed E-state index contributed by atoms with van der Waals surface area (Å²) in [6.07, 6.45) is 0. The quantitative estimate of drug-likeness (QED) is 0.483. The molecule has 29 heavy (non-hydrogen) atoms. The second-order valence-electron chi connectivity index (χ2n) is 5.88. The third-order valence-corrected chi connectivity index (χ3v) is 5.16. The van der Waals surface area contributed by atoms with Crippen molar-refractivity contribution in [3.63, 3.8) is 0 Å². The summed E-state index contributed by atoms with van der Waals surface area (Å²) in [5.74, 6) is -2.78. The molecule has 0 aliphatic heterocycles. The van der Waals surface area contributed by atoms with Crippen molar-refractivity contribution in [3.05, 3.63) is 70.0 Å². The Morgan fingerprint density at radius 2 is 1.72 bits per heavy atom. The molecule has 0 saturated heterocycles. The molecule has 0 amide bonds. The van der Waals surface area contributed by atoms with Crippen LogP contribution in [0.4, 0.5) is 5.82 Å². The number of ether oxygens (including phenoxy) is 1. The van der Waals surface area contributed by atoms with Crippen LogP contribution in [0, 0.1) is 0 Å². The minimum absolute atomic E-state index is 0.239. The van der Waals surface area contributed by atoms with E-state index in [1.54, 1.807) is 42.5 Å². The van der Waals surface area contributed by atoms with Crippen LogP contribution in [-0.2, 0) is 0 Å². The molecule has 0 radical (unpaired) electrons. The fourth-order valence-electron chi connectivity index (χ4n) is 2.87. The van der Waals surface area contributed by atoms with Gasteiger partial charge in [-0.3, -0.25) is 4.79 Å². The van der Waals surface area contributed by atoms with Crippen molar-refractivity contribution < 1.29 is 24.5 Å². The Kier molecular flexibility index (Phi) is 5.60. The second-order valence-corrected chi connectivity index (χ2v) is 7.00. The van der Waals surface area contributed by atoms with Gasteiger partial charge in [0.15, 0.2) is 0 Å². The Morgan fingerprint density at radius 3 is 2.38 bits per heavy atom. The van der Waals surface area contributed by atoms with Gasteiger partial charge in [-0.1, -0.05) is 36.0 Å². The Morgan fingerprint density at radius 1 is 1.03 bits per heavy atom. The Balaban J connectivity index is 2.28. The number of carboxylic acid groups (broad SMARTS) is 2. The van der Waals surface area contributed by atoms with Crippen LogP contribution in [0.25, 0.3) is 11.1 Å². The first kappa shape index (κ1) is 20.0. The van der Waals surface area contributed by atoms with Crippen LogP contribution in [0.1, 0.15) is 20.7 Å². The lowest BCUT2D eigenvalue weighted by Crippen LogP contribution is -2.24. The molecule has 0 unspecified atom stereocenters. The van der Waals surface area contributed by atoms with Gasteiger partial charge in [-0.05, 0) is 29.8 Å². The number of carbonyl (C=O) groups is 2. The van der Waals surface area contributed by atoms with E-state index in [2.05, 4.69) is 4.98 Å². The van der Waals surface area contributed by atoms with Crippen molar-refractivity contribution >= 4 is 29.5 Å². The van der Waals surface area contributed by atoms with Gasteiger partial charge in [0.2, 0.25) is 0 Å². The van der Waals surface area contributed by atoms with Gasteiger partial charge in [-0.2, -0.15) is 0 Å². The highest BCUT2D eigenvalue weighted by Gasteiger charge is 2.27. The summed E-state index contributed by atoms with van der Waals surface area (Å²) >= 11 is 1.27. The molecule has 0 spiro atoms. The Bertz CT molecular complexity index is 1170. The summed E-state index contributed by atoms with van der Waals surface area (Å²) in [7, 11) is 1.54. The lowest BCUT2D eigenvalue weighted by atomic mass is 9.95. The number of aromatic nitrogens is 1. The highest BCUT2D eigenvalue weighted by Crippen LogP contribution is 2.39. The van der Waals surface area contributed by atoms with E-state index in [0.717, 1.165) is 4.90 Å². The number of rotatable bonds is 6. The van der Waals surface area contributed by atoms with Gasteiger partial charge in [0.25, 0.3) is 5.56 Å². The molecule has 5 N–H and O–H groups in total. The molecule has 0 atom stereocenters. The summed E-state index contributed by atoms with van der Waals surface area (Å²) in [4.78, 5) is 39.3. The number of nitrogens with two attached hydrogens (primary N) is 1. The number of H-pyrrole nitrogens is 1. The lowest BCUT2D eigenvalue weighted by molar-refractivity contribution is 0.0695. The molecular weight excluding hydrogens is 396 g/mol. The van der Waals surface area contributed by atoms with E-state index in [1.807, 2.05) is 6.07 Å². The molecule has 3 rings (SSSR count). The molecule has 9 heteroatoms. The third kappa shape index (κ3) is 3.94. The fraction of sp³-hybridized carbons (Fsp3) is 0.0500. The predicted molar refractivity (Wildman–Crippen MR) is 108 cm³/mol. The summed E-state index contributed by atoms with van der Waals surface area (Å²) < 4.78 is 5.21. The monoisotopic (exact) mass is 412 g/mol. The van der Waals surface area contributed by atoms with Gasteiger partial charge < -0.3 is 25.7 Å². The minimum Gasteiger partial charge on any atom is -0.497 e. The van der Waals surface area contributed by atoms with Gasteiger partial charge >= 0.3 is 11.9 Å². The van der Waals surface area contributed by atoms with Gasteiger partial charge in [-0.15, -0.1) is 0 Å². The number of pyridine rings is 1. The van der Waals surface area contributed by atoms with Crippen molar-refractivity contribution in [3.8, 4) is 16.9 Å². The first-order chi connectivity index (χ1) is 13.8. The summed E-state index contributed by atoms with van der Waals surface area (Å²) in [6.45, 7) is 0. The largest absolute Gasteiger partial charge is 0.497 e. The van der Waals surface area contributed by atoms with Crippen LogP contribution in [0.15, 0.2) is 63.1 Å². The maximum absolute atomic E-state index is 12.3. The van der Waals surface area contributed by atoms with Crippen molar-refractivity contribution in [1.82, 2.24) is 4.98 Å². The first-order valence-electron chi connectivity index (χ1n) is 8.27. The van der Waals surface area contributed by atoms with Crippen LogP contribution < -0.4 is 16.0 Å². The molecule has 8 nitrogen and oxygen atoms in total. The molecule has 2 aromatic carbocycles. The molecule has 0 aliphatic carbocycles. The molecule has 148 valence electrons. The van der Waals surface area contributed by atoms with Gasteiger partial charge in [0, 0.05) is 15.4 Å². The second kappa shape index (κ2) is 8.11. The molecule has 0 saturated carbocycles. The van der Waals surface area contributed by atoms with Crippen molar-refractivity contribution in [1.29, 1.82) is 0 Å². The van der Waals surface area contributed by atoms with E-state index in [4.69, 9.17) is 10.5 Å². The maximum Gasteiger partial charge on any atom is 0.342 e. The number of methoxy groups -OCH3 is 1. The zero-order valence-corrected chi connectivity index (χ0v) is 15.9. The number of hydrogen-bond donors (Lipinski definition) is 4. The van der Waals surface area contributed by atoms with Crippen molar-refractivity contribution in [2.45, 2.75) is 9.79 Å². The van der Waals surface area contributed by atoms with Crippen molar-refractivity contribution in [2.75, 3.05) is 12.8 Å². The van der Waals surface area contributed by atoms with Crippen LogP contribution in [-0.4, -0.2) is 34.2 Å². The van der Waals surface area contributed by atoms with Crippen LogP contribution in [0.2, 0.25) is 0 Å². The number of nitrogen functional groups attached to an aromatic ring is 1. The highest BCUT2D eigenvalue weighted by atomic mass is 32.2. The lowest BCUT2D eigenvalue weighted by Gasteiger charge is -2.15. The molecule has 0 bridgehead atoms. The molecular formula is C20H16N2O6S. The van der Waals surface area contributed by atoms with Crippen LogP contribution in [0.5, 0.6) is 5.75 Å². The van der Waals surface area contributed by atoms with E-state index in [1.165, 1.54) is 18.9 Å². The summed E-state index contributed by atoms with van der Waals surface area (Å²) in [6, 6.07) is 13.8. The topological polar surface area (TPSA) is 143 Å². The number of anilines is 1. The van der Waals surface area contributed by atoms with E-state index in [9.17, 15) is 24.6 Å².